The third-order valence-corrected chi connectivity index (χ3v) is 1.09. The molecule has 1 heterocycles. The summed E-state index contributed by atoms with van der Waals surface area (Å²) in [6.45, 7) is 3.73. The van der Waals surface area contributed by atoms with Crippen molar-refractivity contribution in [3.8, 4) is 0 Å². The van der Waals surface area contributed by atoms with Crippen molar-refractivity contribution in [2.75, 3.05) is 0 Å². The van der Waals surface area contributed by atoms with Gasteiger partial charge in [-0.05, 0) is 6.42 Å². The molecule has 7 heavy (non-hydrogen) atoms. The normalized spacial score (nSPS) is 27.9. The minimum atomic E-state index is 0.514. The monoisotopic (exact) mass is 97.1 g/mol. The van der Waals surface area contributed by atoms with Crippen LogP contribution in [-0.2, 0) is 0 Å². The van der Waals surface area contributed by atoms with Gasteiger partial charge in [-0.2, -0.15) is 5.10 Å². The highest BCUT2D eigenvalue weighted by molar-refractivity contribution is 5.59. The van der Waals surface area contributed by atoms with Gasteiger partial charge in [-0.3, -0.25) is 0 Å². The van der Waals surface area contributed by atoms with E-state index in [0.29, 0.717) is 6.04 Å². The van der Waals surface area contributed by atoms with Gasteiger partial charge in [0.15, 0.2) is 0 Å². The molecule has 1 rings (SSSR count). The Labute approximate surface area is 43.6 Å². The van der Waals surface area contributed by atoms with Crippen molar-refractivity contribution >= 4 is 6.21 Å². The Bertz CT molecular complexity index is 70.1. The Morgan fingerprint density at radius 1 is 2.00 bits per heavy atom. The number of hydrogen-bond acceptors (Lipinski definition) is 2. The summed E-state index contributed by atoms with van der Waals surface area (Å²) in [6, 6.07) is 0.514. The highest BCUT2D eigenvalue weighted by Crippen LogP contribution is 1.98. The van der Waals surface area contributed by atoms with Crippen LogP contribution >= 0.6 is 0 Å². The van der Waals surface area contributed by atoms with Crippen LogP contribution in [0.2, 0.25) is 0 Å². The van der Waals surface area contributed by atoms with E-state index in [4.69, 9.17) is 0 Å². The molecular weight excluding hydrogens is 88.1 g/mol. The summed E-state index contributed by atoms with van der Waals surface area (Å²) in [5, 5.41) is 3.82. The molecule has 1 N–H and O–H groups in total. The van der Waals surface area contributed by atoms with Crippen molar-refractivity contribution in [1.82, 2.24) is 5.43 Å². The van der Waals surface area contributed by atoms with Crippen LogP contribution in [0.1, 0.15) is 12.8 Å². The maximum atomic E-state index is 3.82. The van der Waals surface area contributed by atoms with E-state index < -0.39 is 0 Å². The third kappa shape index (κ3) is 0.918. The molecule has 1 aliphatic rings. The first-order valence-corrected chi connectivity index (χ1v) is 2.50. The molecule has 0 aromatic rings. The molecular formula is C5H9N2. The molecule has 0 amide bonds. The van der Waals surface area contributed by atoms with Gasteiger partial charge in [0, 0.05) is 18.7 Å². The molecule has 0 saturated heterocycles. The van der Waals surface area contributed by atoms with Crippen LogP contribution in [0.5, 0.6) is 0 Å². The quantitative estimate of drug-likeness (QED) is 0.508. The lowest BCUT2D eigenvalue weighted by atomic mass is 10.2. The molecule has 0 aliphatic carbocycles. The molecule has 0 bridgehead atoms. The van der Waals surface area contributed by atoms with Gasteiger partial charge < -0.3 is 5.43 Å². The van der Waals surface area contributed by atoms with E-state index in [1.54, 1.807) is 0 Å². The Morgan fingerprint density at radius 3 is 3.14 bits per heavy atom. The summed E-state index contributed by atoms with van der Waals surface area (Å²) < 4.78 is 0. The van der Waals surface area contributed by atoms with E-state index in [-0.39, 0.29) is 0 Å². The van der Waals surface area contributed by atoms with Crippen LogP contribution in [0, 0.1) is 6.92 Å². The number of rotatable bonds is 1. The minimum absolute atomic E-state index is 0.514. The second kappa shape index (κ2) is 1.96. The SMILES string of the molecule is [CH2]CC1CC=NN1. The van der Waals surface area contributed by atoms with E-state index in [1.807, 2.05) is 6.21 Å². The summed E-state index contributed by atoms with van der Waals surface area (Å²) in [6.07, 6.45) is 3.86. The topological polar surface area (TPSA) is 24.4 Å². The van der Waals surface area contributed by atoms with E-state index in [2.05, 4.69) is 17.5 Å². The molecule has 0 aromatic heterocycles. The van der Waals surface area contributed by atoms with Crippen LogP contribution < -0.4 is 5.43 Å². The zero-order valence-electron chi connectivity index (χ0n) is 4.22. The number of hydrazone groups is 1. The van der Waals surface area contributed by atoms with Gasteiger partial charge in [0.05, 0.1) is 0 Å². The molecule has 1 radical (unpaired) electrons. The van der Waals surface area contributed by atoms with Crippen molar-refractivity contribution in [1.29, 1.82) is 0 Å². The van der Waals surface area contributed by atoms with Crippen molar-refractivity contribution < 1.29 is 0 Å². The molecule has 0 aromatic carbocycles. The maximum Gasteiger partial charge on any atom is 0.0490 e. The zero-order valence-corrected chi connectivity index (χ0v) is 4.22. The Morgan fingerprint density at radius 2 is 2.86 bits per heavy atom. The first kappa shape index (κ1) is 4.62. The van der Waals surface area contributed by atoms with Gasteiger partial charge in [-0.15, -0.1) is 0 Å². The van der Waals surface area contributed by atoms with Crippen LogP contribution in [-0.4, -0.2) is 12.3 Å². The number of nitrogens with one attached hydrogen (secondary N) is 1. The van der Waals surface area contributed by atoms with Gasteiger partial charge in [-0.1, -0.05) is 6.92 Å². The third-order valence-electron chi connectivity index (χ3n) is 1.09. The predicted molar refractivity (Wildman–Crippen MR) is 30.0 cm³/mol. The number of nitrogens with zero attached hydrogens (tertiary/aromatic N) is 1. The number of hydrogen-bond donors (Lipinski definition) is 1. The van der Waals surface area contributed by atoms with Crippen molar-refractivity contribution in [3.05, 3.63) is 6.92 Å². The minimum Gasteiger partial charge on any atom is -0.307 e. The van der Waals surface area contributed by atoms with Crippen LogP contribution in [0.15, 0.2) is 5.10 Å². The van der Waals surface area contributed by atoms with Gasteiger partial charge in [-0.25, -0.2) is 0 Å². The fourth-order valence-corrected chi connectivity index (χ4v) is 0.573. The molecule has 1 aliphatic heterocycles. The summed E-state index contributed by atoms with van der Waals surface area (Å²) in [5.74, 6) is 0. The first-order chi connectivity index (χ1) is 3.43. The second-order valence-electron chi connectivity index (χ2n) is 1.66. The van der Waals surface area contributed by atoms with Crippen molar-refractivity contribution in [3.63, 3.8) is 0 Å². The lowest BCUT2D eigenvalue weighted by Crippen LogP contribution is -2.16. The van der Waals surface area contributed by atoms with E-state index in [1.165, 1.54) is 0 Å². The maximum absolute atomic E-state index is 3.82. The van der Waals surface area contributed by atoms with Crippen LogP contribution in [0.4, 0.5) is 0 Å². The predicted octanol–water partition coefficient (Wildman–Crippen LogP) is 0.558. The Balaban J connectivity index is 2.22. The van der Waals surface area contributed by atoms with E-state index in [9.17, 15) is 0 Å². The second-order valence-corrected chi connectivity index (χ2v) is 1.66. The molecule has 1 unspecified atom stereocenters. The van der Waals surface area contributed by atoms with Crippen LogP contribution in [0.3, 0.4) is 0 Å². The highest BCUT2D eigenvalue weighted by Gasteiger charge is 2.04. The molecule has 2 heteroatoms. The molecule has 0 saturated carbocycles. The molecule has 0 spiro atoms. The summed E-state index contributed by atoms with van der Waals surface area (Å²) in [4.78, 5) is 0. The molecule has 1 atom stereocenters. The summed E-state index contributed by atoms with van der Waals surface area (Å²) >= 11 is 0. The Hall–Kier alpha value is -0.530. The fraction of sp³-hybridized carbons (Fsp3) is 0.600. The fourth-order valence-electron chi connectivity index (χ4n) is 0.573. The standard InChI is InChI=1S/C5H9N2/c1-2-5-3-4-6-7-5/h4-5,7H,1-3H2. The van der Waals surface area contributed by atoms with Gasteiger partial charge in [0.2, 0.25) is 0 Å². The highest BCUT2D eigenvalue weighted by atomic mass is 15.3. The average molecular weight is 97.1 g/mol. The van der Waals surface area contributed by atoms with E-state index in [0.717, 1.165) is 12.8 Å². The van der Waals surface area contributed by atoms with Gasteiger partial charge >= 0.3 is 0 Å². The molecule has 0 fully saturated rings. The van der Waals surface area contributed by atoms with E-state index >= 15 is 0 Å². The Kier molecular flexibility index (Phi) is 1.29. The smallest absolute Gasteiger partial charge is 0.0490 e. The van der Waals surface area contributed by atoms with Crippen LogP contribution in [0.25, 0.3) is 0 Å². The lowest BCUT2D eigenvalue weighted by Gasteiger charge is -2.01. The largest absolute Gasteiger partial charge is 0.307 e. The van der Waals surface area contributed by atoms with Gasteiger partial charge in [0.1, 0.15) is 0 Å². The zero-order chi connectivity index (χ0) is 5.11. The lowest BCUT2D eigenvalue weighted by molar-refractivity contribution is 0.590. The van der Waals surface area contributed by atoms with Gasteiger partial charge in [0.25, 0.3) is 0 Å². The van der Waals surface area contributed by atoms with Crippen molar-refractivity contribution in [2.24, 2.45) is 5.10 Å². The molecule has 2 nitrogen and oxygen atoms in total. The first-order valence-electron chi connectivity index (χ1n) is 2.50. The summed E-state index contributed by atoms with van der Waals surface area (Å²) in [5.41, 5.74) is 2.91. The summed E-state index contributed by atoms with van der Waals surface area (Å²) in [7, 11) is 0. The molecule has 39 valence electrons. The average Bonchev–Trinajstić information content (AvgIpc) is 2.14. The van der Waals surface area contributed by atoms with Crippen molar-refractivity contribution in [2.45, 2.75) is 18.9 Å².